The first-order valence-corrected chi connectivity index (χ1v) is 9.86. The van der Waals surface area contributed by atoms with E-state index in [4.69, 9.17) is 21.4 Å². The van der Waals surface area contributed by atoms with Crippen molar-refractivity contribution in [3.05, 3.63) is 54.0 Å². The summed E-state index contributed by atoms with van der Waals surface area (Å²) in [5.41, 5.74) is 1.20. The van der Waals surface area contributed by atoms with Crippen LogP contribution in [0.15, 0.2) is 47.1 Å². The monoisotopic (exact) mass is 372 g/mol. The molecule has 1 aromatic heterocycles. The maximum atomic E-state index is 5.77. The molecule has 1 aliphatic rings. The van der Waals surface area contributed by atoms with Crippen LogP contribution in [-0.2, 0) is 13.1 Å². The maximum absolute atomic E-state index is 5.77. The zero-order valence-electron chi connectivity index (χ0n) is 15.4. The van der Waals surface area contributed by atoms with E-state index in [0.29, 0.717) is 12.6 Å². The summed E-state index contributed by atoms with van der Waals surface area (Å²) in [6.45, 7) is 1.40. The molecule has 0 bridgehead atoms. The third kappa shape index (κ3) is 5.49. The number of methoxy groups -OCH3 is 1. The summed E-state index contributed by atoms with van der Waals surface area (Å²) in [5, 5.41) is 4.41. The fourth-order valence-corrected chi connectivity index (χ4v) is 3.73. The third-order valence-corrected chi connectivity index (χ3v) is 5.31. The van der Waals surface area contributed by atoms with Crippen molar-refractivity contribution < 1.29 is 9.15 Å². The zero-order valence-corrected chi connectivity index (χ0v) is 16.3. The molecular formula is C21H28N2O2S. The van der Waals surface area contributed by atoms with Gasteiger partial charge in [0.05, 0.1) is 19.9 Å². The molecule has 0 unspecified atom stereocenters. The molecule has 140 valence electrons. The van der Waals surface area contributed by atoms with E-state index in [1.54, 1.807) is 13.4 Å². The van der Waals surface area contributed by atoms with Gasteiger partial charge in [-0.3, -0.25) is 0 Å². The van der Waals surface area contributed by atoms with Gasteiger partial charge in [0.15, 0.2) is 5.11 Å². The fourth-order valence-electron chi connectivity index (χ4n) is 3.43. The highest BCUT2D eigenvalue weighted by atomic mass is 32.1. The summed E-state index contributed by atoms with van der Waals surface area (Å²) in [4.78, 5) is 2.18. The molecule has 0 aliphatic heterocycles. The van der Waals surface area contributed by atoms with Crippen LogP contribution >= 0.6 is 12.2 Å². The van der Waals surface area contributed by atoms with E-state index in [2.05, 4.69) is 22.3 Å². The molecule has 1 N–H and O–H groups in total. The van der Waals surface area contributed by atoms with Gasteiger partial charge in [0, 0.05) is 12.6 Å². The first kappa shape index (κ1) is 18.8. The molecule has 1 aliphatic carbocycles. The van der Waals surface area contributed by atoms with Crippen molar-refractivity contribution in [2.75, 3.05) is 7.11 Å². The lowest BCUT2D eigenvalue weighted by Gasteiger charge is -2.28. The van der Waals surface area contributed by atoms with E-state index >= 15 is 0 Å². The maximum Gasteiger partial charge on any atom is 0.169 e. The number of nitrogens with one attached hydrogen (secondary N) is 1. The predicted octanol–water partition coefficient (Wildman–Crippen LogP) is 4.89. The molecule has 0 saturated heterocycles. The van der Waals surface area contributed by atoms with Crippen molar-refractivity contribution in [2.45, 2.75) is 57.7 Å². The van der Waals surface area contributed by atoms with Gasteiger partial charge in [-0.1, -0.05) is 37.8 Å². The highest BCUT2D eigenvalue weighted by molar-refractivity contribution is 7.80. The summed E-state index contributed by atoms with van der Waals surface area (Å²) >= 11 is 5.77. The topological polar surface area (TPSA) is 37.6 Å². The van der Waals surface area contributed by atoms with Crippen molar-refractivity contribution in [3.63, 3.8) is 0 Å². The predicted molar refractivity (Wildman–Crippen MR) is 108 cm³/mol. The molecule has 1 aromatic carbocycles. The Morgan fingerprint density at radius 2 is 1.85 bits per heavy atom. The minimum atomic E-state index is 0.486. The normalized spacial score (nSPS) is 15.3. The van der Waals surface area contributed by atoms with E-state index in [-0.39, 0.29) is 0 Å². The van der Waals surface area contributed by atoms with Crippen molar-refractivity contribution >= 4 is 17.3 Å². The zero-order chi connectivity index (χ0) is 18.2. The summed E-state index contributed by atoms with van der Waals surface area (Å²) in [6.07, 6.45) is 9.38. The Bertz CT molecular complexity index is 662. The Kier molecular flexibility index (Phi) is 6.95. The van der Waals surface area contributed by atoms with E-state index in [1.807, 2.05) is 24.3 Å². The number of ether oxygens (including phenoxy) is 1. The summed E-state index contributed by atoms with van der Waals surface area (Å²) in [6, 6.07) is 12.5. The lowest BCUT2D eigenvalue weighted by molar-refractivity contribution is 0.343. The van der Waals surface area contributed by atoms with E-state index in [9.17, 15) is 0 Å². The number of nitrogens with zero attached hydrogens (tertiary/aromatic N) is 1. The number of hydrogen-bond donors (Lipinski definition) is 1. The minimum absolute atomic E-state index is 0.486. The molecule has 2 aromatic rings. The Hall–Kier alpha value is -2.01. The number of furan rings is 1. The number of thiocarbonyl (C=S) groups is 1. The second kappa shape index (κ2) is 9.62. The SMILES string of the molecule is COc1ccc(CN(Cc2ccco2)C(=S)NC2CCCCCC2)cc1. The first-order chi connectivity index (χ1) is 12.7. The molecule has 3 rings (SSSR count). The fraction of sp³-hybridized carbons (Fsp3) is 0.476. The highest BCUT2D eigenvalue weighted by Crippen LogP contribution is 2.19. The van der Waals surface area contributed by atoms with E-state index in [0.717, 1.165) is 23.2 Å². The molecule has 4 nitrogen and oxygen atoms in total. The first-order valence-electron chi connectivity index (χ1n) is 9.45. The largest absolute Gasteiger partial charge is 0.497 e. The van der Waals surface area contributed by atoms with Gasteiger partial charge >= 0.3 is 0 Å². The standard InChI is InChI=1S/C21H28N2O2S/c1-24-19-12-10-17(11-13-19)15-23(16-20-9-6-14-25-20)21(26)22-18-7-4-2-3-5-8-18/h6,9-14,18H,2-5,7-8,15-16H2,1H3,(H,22,26). The molecule has 1 heterocycles. The summed E-state index contributed by atoms with van der Waals surface area (Å²) in [5.74, 6) is 1.79. The number of rotatable bonds is 6. The summed E-state index contributed by atoms with van der Waals surface area (Å²) in [7, 11) is 1.68. The average Bonchev–Trinajstić information content (AvgIpc) is 3.04. The van der Waals surface area contributed by atoms with Crippen LogP contribution in [0.1, 0.15) is 49.8 Å². The lowest BCUT2D eigenvalue weighted by atomic mass is 10.1. The van der Waals surface area contributed by atoms with Crippen molar-refractivity contribution in [2.24, 2.45) is 0 Å². The van der Waals surface area contributed by atoms with Crippen LogP contribution in [0, 0.1) is 0 Å². The van der Waals surface area contributed by atoms with Gasteiger partial charge in [-0.05, 0) is 54.9 Å². The van der Waals surface area contributed by atoms with Gasteiger partial charge in [0.1, 0.15) is 11.5 Å². The lowest BCUT2D eigenvalue weighted by Crippen LogP contribution is -2.43. The molecular weight excluding hydrogens is 344 g/mol. The second-order valence-corrected chi connectivity index (χ2v) is 7.31. The Morgan fingerprint density at radius 1 is 1.12 bits per heavy atom. The third-order valence-electron chi connectivity index (χ3n) is 4.93. The van der Waals surface area contributed by atoms with Crippen molar-refractivity contribution in [1.82, 2.24) is 10.2 Å². The van der Waals surface area contributed by atoms with Crippen LogP contribution in [-0.4, -0.2) is 23.2 Å². The van der Waals surface area contributed by atoms with E-state index < -0.39 is 0 Å². The average molecular weight is 373 g/mol. The molecule has 0 amide bonds. The van der Waals surface area contributed by atoms with Gasteiger partial charge in [0.25, 0.3) is 0 Å². The van der Waals surface area contributed by atoms with Gasteiger partial charge in [-0.2, -0.15) is 0 Å². The molecule has 1 fully saturated rings. The smallest absolute Gasteiger partial charge is 0.169 e. The molecule has 5 heteroatoms. The van der Waals surface area contributed by atoms with E-state index in [1.165, 1.54) is 44.1 Å². The van der Waals surface area contributed by atoms with Crippen LogP contribution in [0.5, 0.6) is 5.75 Å². The van der Waals surface area contributed by atoms with Crippen molar-refractivity contribution in [3.8, 4) is 5.75 Å². The van der Waals surface area contributed by atoms with Crippen LogP contribution in [0.3, 0.4) is 0 Å². The molecule has 1 saturated carbocycles. The summed E-state index contributed by atoms with van der Waals surface area (Å²) < 4.78 is 10.8. The van der Waals surface area contributed by atoms with Gasteiger partial charge in [-0.25, -0.2) is 0 Å². The Labute approximate surface area is 161 Å². The van der Waals surface area contributed by atoms with Gasteiger partial charge in [-0.15, -0.1) is 0 Å². The number of hydrogen-bond acceptors (Lipinski definition) is 3. The Balaban J connectivity index is 1.67. The Morgan fingerprint density at radius 3 is 2.46 bits per heavy atom. The highest BCUT2D eigenvalue weighted by Gasteiger charge is 2.18. The van der Waals surface area contributed by atoms with Gasteiger partial charge in [0.2, 0.25) is 0 Å². The molecule has 0 radical (unpaired) electrons. The minimum Gasteiger partial charge on any atom is -0.497 e. The second-order valence-electron chi connectivity index (χ2n) is 6.92. The molecule has 0 spiro atoms. The van der Waals surface area contributed by atoms with Crippen LogP contribution in [0.25, 0.3) is 0 Å². The number of benzene rings is 1. The van der Waals surface area contributed by atoms with Crippen molar-refractivity contribution in [1.29, 1.82) is 0 Å². The van der Waals surface area contributed by atoms with Crippen LogP contribution < -0.4 is 10.1 Å². The van der Waals surface area contributed by atoms with Gasteiger partial charge < -0.3 is 19.4 Å². The molecule has 26 heavy (non-hydrogen) atoms. The van der Waals surface area contributed by atoms with Crippen LogP contribution in [0.2, 0.25) is 0 Å². The quantitative estimate of drug-likeness (QED) is 0.577. The van der Waals surface area contributed by atoms with Crippen LogP contribution in [0.4, 0.5) is 0 Å². The molecule has 0 atom stereocenters.